The van der Waals surface area contributed by atoms with Crippen LogP contribution < -0.4 is 10.2 Å². The van der Waals surface area contributed by atoms with Crippen molar-refractivity contribution in [1.82, 2.24) is 14.9 Å². The fourth-order valence-electron chi connectivity index (χ4n) is 1.52. The number of rotatable bonds is 6. The summed E-state index contributed by atoms with van der Waals surface area (Å²) in [6, 6.07) is 1.75. The van der Waals surface area contributed by atoms with Crippen LogP contribution in [-0.2, 0) is 4.79 Å². The summed E-state index contributed by atoms with van der Waals surface area (Å²) in [5.41, 5.74) is 0. The molecule has 0 unspecified atom stereocenters. The third-order valence-electron chi connectivity index (χ3n) is 2.58. The number of carbonyl (C=O) groups excluding carboxylic acids is 1. The van der Waals surface area contributed by atoms with E-state index in [1.165, 1.54) is 0 Å². The maximum Gasteiger partial charge on any atom is 0.241 e. The normalized spacial score (nSPS) is 10.0. The highest BCUT2D eigenvalue weighted by Gasteiger charge is 2.09. The predicted molar refractivity (Wildman–Crippen MR) is 72.8 cm³/mol. The van der Waals surface area contributed by atoms with Crippen molar-refractivity contribution in [2.24, 2.45) is 0 Å². The summed E-state index contributed by atoms with van der Waals surface area (Å²) in [7, 11) is 3.75. The average Bonchev–Trinajstić information content (AvgIpc) is 2.38. The molecule has 0 bridgehead atoms. The van der Waals surface area contributed by atoms with Gasteiger partial charge in [-0.05, 0) is 19.9 Å². The fourth-order valence-corrected chi connectivity index (χ4v) is 1.52. The highest BCUT2D eigenvalue weighted by Crippen LogP contribution is 2.07. The zero-order valence-corrected chi connectivity index (χ0v) is 11.5. The van der Waals surface area contributed by atoms with Crippen LogP contribution in [0.4, 0.5) is 11.8 Å². The summed E-state index contributed by atoms with van der Waals surface area (Å²) in [5.74, 6) is 1.36. The maximum atomic E-state index is 11.8. The summed E-state index contributed by atoms with van der Waals surface area (Å²) < 4.78 is 0. The minimum Gasteiger partial charge on any atom is -0.361 e. The lowest BCUT2D eigenvalue weighted by molar-refractivity contribution is -0.128. The minimum atomic E-state index is 0.0741. The summed E-state index contributed by atoms with van der Waals surface area (Å²) in [6.45, 7) is 5.64. The smallest absolute Gasteiger partial charge is 0.241 e. The molecule has 18 heavy (non-hydrogen) atoms. The molecule has 6 nitrogen and oxygen atoms in total. The lowest BCUT2D eigenvalue weighted by Gasteiger charge is -2.19. The number of nitrogens with zero attached hydrogens (tertiary/aromatic N) is 4. The molecule has 1 heterocycles. The van der Waals surface area contributed by atoms with Crippen molar-refractivity contribution in [1.29, 1.82) is 0 Å². The molecular weight excluding hydrogens is 230 g/mol. The van der Waals surface area contributed by atoms with Crippen LogP contribution in [0.1, 0.15) is 13.8 Å². The second-order valence-corrected chi connectivity index (χ2v) is 4.06. The van der Waals surface area contributed by atoms with Gasteiger partial charge in [-0.3, -0.25) is 4.79 Å². The third-order valence-corrected chi connectivity index (χ3v) is 2.58. The molecular formula is C12H21N5O. The Kier molecular flexibility index (Phi) is 5.35. The van der Waals surface area contributed by atoms with Crippen molar-refractivity contribution in [3.05, 3.63) is 12.3 Å². The van der Waals surface area contributed by atoms with E-state index in [9.17, 15) is 4.79 Å². The number of aromatic nitrogens is 2. The molecule has 1 aromatic rings. The first-order valence-corrected chi connectivity index (χ1v) is 6.10. The second-order valence-electron chi connectivity index (χ2n) is 4.06. The standard InChI is InChI=1S/C12H21N5O/c1-5-17(6-2)11(18)9-14-10-7-8-13-12(15-10)16(3)4/h7-8H,5-6,9H2,1-4H3,(H,13,14,15). The molecule has 0 fully saturated rings. The first-order valence-electron chi connectivity index (χ1n) is 6.10. The van der Waals surface area contributed by atoms with Gasteiger partial charge < -0.3 is 15.1 Å². The number of hydrogen-bond donors (Lipinski definition) is 1. The molecule has 100 valence electrons. The Morgan fingerprint density at radius 1 is 1.33 bits per heavy atom. The number of carbonyl (C=O) groups is 1. The summed E-state index contributed by atoms with van der Waals surface area (Å²) >= 11 is 0. The SMILES string of the molecule is CCN(CC)C(=O)CNc1ccnc(N(C)C)n1. The molecule has 0 aliphatic rings. The van der Waals surface area contributed by atoms with Gasteiger partial charge in [0.15, 0.2) is 0 Å². The van der Waals surface area contributed by atoms with Gasteiger partial charge in [-0.1, -0.05) is 0 Å². The van der Waals surface area contributed by atoms with Crippen LogP contribution in [-0.4, -0.2) is 54.5 Å². The fraction of sp³-hybridized carbons (Fsp3) is 0.583. The van der Waals surface area contributed by atoms with E-state index in [2.05, 4.69) is 15.3 Å². The molecule has 1 N–H and O–H groups in total. The van der Waals surface area contributed by atoms with Gasteiger partial charge in [0.05, 0.1) is 6.54 Å². The van der Waals surface area contributed by atoms with Crippen LogP contribution in [0.5, 0.6) is 0 Å². The number of nitrogens with one attached hydrogen (secondary N) is 1. The molecule has 6 heteroatoms. The van der Waals surface area contributed by atoms with Gasteiger partial charge in [0, 0.05) is 33.4 Å². The maximum absolute atomic E-state index is 11.8. The lowest BCUT2D eigenvalue weighted by atomic mass is 10.4. The van der Waals surface area contributed by atoms with Crippen LogP contribution in [0.25, 0.3) is 0 Å². The van der Waals surface area contributed by atoms with Crippen molar-refractivity contribution in [3.63, 3.8) is 0 Å². The Hall–Kier alpha value is -1.85. The molecule has 0 saturated carbocycles. The summed E-state index contributed by atoms with van der Waals surface area (Å²) in [6.07, 6.45) is 1.67. The average molecular weight is 251 g/mol. The zero-order chi connectivity index (χ0) is 13.5. The molecule has 0 aromatic carbocycles. The summed E-state index contributed by atoms with van der Waals surface area (Å²) in [5, 5.41) is 3.02. The first-order chi connectivity index (χ1) is 8.58. The molecule has 0 spiro atoms. The second kappa shape index (κ2) is 6.78. The van der Waals surface area contributed by atoms with E-state index < -0.39 is 0 Å². The monoisotopic (exact) mass is 251 g/mol. The molecule has 0 aliphatic carbocycles. The first kappa shape index (κ1) is 14.2. The van der Waals surface area contributed by atoms with Gasteiger partial charge in [-0.15, -0.1) is 0 Å². The van der Waals surface area contributed by atoms with E-state index in [1.807, 2.05) is 32.8 Å². The van der Waals surface area contributed by atoms with E-state index in [-0.39, 0.29) is 12.5 Å². The van der Waals surface area contributed by atoms with Crippen LogP contribution in [0.3, 0.4) is 0 Å². The van der Waals surface area contributed by atoms with Gasteiger partial charge in [-0.2, -0.15) is 4.98 Å². The predicted octanol–water partition coefficient (Wildman–Crippen LogP) is 0.823. The van der Waals surface area contributed by atoms with Gasteiger partial charge in [0.2, 0.25) is 11.9 Å². The molecule has 0 saturated heterocycles. The Balaban J connectivity index is 2.58. The molecule has 0 aliphatic heterocycles. The molecule has 0 radical (unpaired) electrons. The number of likely N-dealkylation sites (N-methyl/N-ethyl adjacent to an activating group) is 1. The van der Waals surface area contributed by atoms with Crippen molar-refractivity contribution in [3.8, 4) is 0 Å². The Morgan fingerprint density at radius 3 is 2.56 bits per heavy atom. The molecule has 1 amide bonds. The van der Waals surface area contributed by atoms with Crippen molar-refractivity contribution in [2.75, 3.05) is 43.9 Å². The van der Waals surface area contributed by atoms with Crippen LogP contribution >= 0.6 is 0 Å². The zero-order valence-electron chi connectivity index (χ0n) is 11.5. The highest BCUT2D eigenvalue weighted by atomic mass is 16.2. The van der Waals surface area contributed by atoms with E-state index >= 15 is 0 Å². The number of hydrogen-bond acceptors (Lipinski definition) is 5. The van der Waals surface area contributed by atoms with Crippen LogP contribution in [0, 0.1) is 0 Å². The van der Waals surface area contributed by atoms with Gasteiger partial charge in [0.1, 0.15) is 5.82 Å². The van der Waals surface area contributed by atoms with Crippen LogP contribution in [0.15, 0.2) is 12.3 Å². The number of amides is 1. The van der Waals surface area contributed by atoms with Crippen molar-refractivity contribution >= 4 is 17.7 Å². The number of anilines is 2. The van der Waals surface area contributed by atoms with Gasteiger partial charge in [0.25, 0.3) is 0 Å². The van der Waals surface area contributed by atoms with Crippen LogP contribution in [0.2, 0.25) is 0 Å². The van der Waals surface area contributed by atoms with E-state index in [4.69, 9.17) is 0 Å². The quantitative estimate of drug-likeness (QED) is 0.811. The minimum absolute atomic E-state index is 0.0741. The Bertz CT molecular complexity index is 390. The lowest BCUT2D eigenvalue weighted by Crippen LogP contribution is -2.35. The molecule has 1 aromatic heterocycles. The van der Waals surface area contributed by atoms with E-state index in [1.54, 1.807) is 17.2 Å². The third kappa shape index (κ3) is 3.87. The van der Waals surface area contributed by atoms with Crippen molar-refractivity contribution in [2.45, 2.75) is 13.8 Å². The van der Waals surface area contributed by atoms with Crippen molar-refractivity contribution < 1.29 is 4.79 Å². The highest BCUT2D eigenvalue weighted by molar-refractivity contribution is 5.80. The van der Waals surface area contributed by atoms with E-state index in [0.717, 1.165) is 13.1 Å². The Labute approximate surface area is 108 Å². The topological polar surface area (TPSA) is 61.4 Å². The summed E-state index contributed by atoms with van der Waals surface area (Å²) in [4.78, 5) is 23.8. The van der Waals surface area contributed by atoms with Gasteiger partial charge in [-0.25, -0.2) is 4.98 Å². The molecule has 0 atom stereocenters. The molecule has 1 rings (SSSR count). The Morgan fingerprint density at radius 2 is 2.00 bits per heavy atom. The van der Waals surface area contributed by atoms with Gasteiger partial charge >= 0.3 is 0 Å². The largest absolute Gasteiger partial charge is 0.361 e. The van der Waals surface area contributed by atoms with E-state index in [0.29, 0.717) is 11.8 Å².